The SMILES string of the molecule is CC(N)(C(F)F)C(NC(=O)c1ccc(C#CC#Cc2ccc(Cl)cc2)cc1)C(=O)NO. The second-order valence-corrected chi connectivity index (χ2v) is 7.07. The fourth-order valence-electron chi connectivity index (χ4n) is 2.35. The zero-order valence-electron chi connectivity index (χ0n) is 16.2. The van der Waals surface area contributed by atoms with E-state index in [-0.39, 0.29) is 5.56 Å². The standard InChI is InChI=1S/C22H18ClF2N3O3/c1-22(26,21(24)25)18(20(30)28-31)27-19(29)16-10-6-14(7-11-16)4-2-3-5-15-8-12-17(23)13-9-15/h6-13,18,21,31H,26H2,1H3,(H,27,29)(H,28,30). The van der Waals surface area contributed by atoms with E-state index in [0.29, 0.717) is 10.6 Å². The Morgan fingerprint density at radius 3 is 1.97 bits per heavy atom. The van der Waals surface area contributed by atoms with E-state index in [9.17, 15) is 18.4 Å². The van der Waals surface area contributed by atoms with Crippen LogP contribution in [0.25, 0.3) is 0 Å². The van der Waals surface area contributed by atoms with Crippen molar-refractivity contribution in [3.8, 4) is 23.7 Å². The maximum atomic E-state index is 13.2. The van der Waals surface area contributed by atoms with Crippen LogP contribution in [0.2, 0.25) is 5.02 Å². The maximum absolute atomic E-state index is 13.2. The molecule has 0 saturated heterocycles. The number of carbonyl (C=O) groups is 2. The topological polar surface area (TPSA) is 104 Å². The molecule has 160 valence electrons. The van der Waals surface area contributed by atoms with Gasteiger partial charge in [0.1, 0.15) is 11.6 Å². The lowest BCUT2D eigenvalue weighted by Gasteiger charge is -2.32. The van der Waals surface area contributed by atoms with Gasteiger partial charge in [0.05, 0.1) is 0 Å². The first-order chi connectivity index (χ1) is 14.6. The molecule has 0 heterocycles. The fraction of sp³-hybridized carbons (Fsp3) is 0.182. The summed E-state index contributed by atoms with van der Waals surface area (Å²) in [6, 6.07) is 10.9. The van der Waals surface area contributed by atoms with Crippen LogP contribution in [0.3, 0.4) is 0 Å². The van der Waals surface area contributed by atoms with E-state index in [1.807, 2.05) is 0 Å². The molecule has 0 bridgehead atoms. The zero-order chi connectivity index (χ0) is 23.0. The summed E-state index contributed by atoms with van der Waals surface area (Å²) in [5, 5.41) is 11.5. The van der Waals surface area contributed by atoms with Gasteiger partial charge in [0.2, 0.25) is 0 Å². The molecular formula is C22H18ClF2N3O3. The third-order valence-electron chi connectivity index (χ3n) is 4.21. The number of hydroxylamine groups is 1. The normalized spacial score (nSPS) is 13.0. The summed E-state index contributed by atoms with van der Waals surface area (Å²) in [6.45, 7) is 0.890. The summed E-state index contributed by atoms with van der Waals surface area (Å²) >= 11 is 5.80. The number of amides is 2. The molecule has 2 aromatic rings. The Morgan fingerprint density at radius 1 is 1.03 bits per heavy atom. The highest BCUT2D eigenvalue weighted by Crippen LogP contribution is 2.18. The smallest absolute Gasteiger partial charge is 0.268 e. The van der Waals surface area contributed by atoms with E-state index in [1.54, 1.807) is 24.3 Å². The summed E-state index contributed by atoms with van der Waals surface area (Å²) in [6.07, 6.45) is -3.14. The van der Waals surface area contributed by atoms with Crippen molar-refractivity contribution in [2.45, 2.75) is 24.9 Å². The van der Waals surface area contributed by atoms with Crippen molar-refractivity contribution in [1.82, 2.24) is 10.8 Å². The Balaban J connectivity index is 2.10. The molecule has 9 heteroatoms. The average molecular weight is 446 g/mol. The van der Waals surface area contributed by atoms with Gasteiger partial charge in [-0.05, 0) is 67.3 Å². The Morgan fingerprint density at radius 2 is 1.52 bits per heavy atom. The first-order valence-electron chi connectivity index (χ1n) is 8.84. The average Bonchev–Trinajstić information content (AvgIpc) is 2.75. The van der Waals surface area contributed by atoms with Crippen LogP contribution >= 0.6 is 11.6 Å². The van der Waals surface area contributed by atoms with Crippen LogP contribution in [-0.2, 0) is 4.79 Å². The number of nitrogens with one attached hydrogen (secondary N) is 2. The number of hydrogen-bond donors (Lipinski definition) is 4. The number of benzene rings is 2. The molecule has 0 fully saturated rings. The van der Waals surface area contributed by atoms with Gasteiger partial charge >= 0.3 is 0 Å². The minimum absolute atomic E-state index is 0.0820. The minimum Gasteiger partial charge on any atom is -0.338 e. The van der Waals surface area contributed by atoms with Crippen LogP contribution < -0.4 is 16.5 Å². The lowest BCUT2D eigenvalue weighted by Crippen LogP contribution is -2.66. The second kappa shape index (κ2) is 10.6. The van der Waals surface area contributed by atoms with E-state index in [0.717, 1.165) is 12.5 Å². The van der Waals surface area contributed by atoms with Crippen molar-refractivity contribution in [3.05, 3.63) is 70.2 Å². The van der Waals surface area contributed by atoms with Gasteiger partial charge in [-0.15, -0.1) is 0 Å². The molecule has 2 rings (SSSR count). The number of carbonyl (C=O) groups excluding carboxylic acids is 2. The van der Waals surface area contributed by atoms with Gasteiger partial charge in [-0.3, -0.25) is 14.8 Å². The molecule has 2 unspecified atom stereocenters. The number of rotatable bonds is 5. The predicted molar refractivity (Wildman–Crippen MR) is 111 cm³/mol. The fourth-order valence-corrected chi connectivity index (χ4v) is 2.48. The van der Waals surface area contributed by atoms with Gasteiger partial charge < -0.3 is 11.1 Å². The molecule has 0 aliphatic heterocycles. The van der Waals surface area contributed by atoms with E-state index in [1.165, 1.54) is 29.7 Å². The number of nitrogens with two attached hydrogens (primary N) is 1. The zero-order valence-corrected chi connectivity index (χ0v) is 17.0. The molecule has 2 amide bonds. The Hall–Kier alpha value is -3.43. The first-order valence-corrected chi connectivity index (χ1v) is 9.22. The molecule has 0 aliphatic rings. The van der Waals surface area contributed by atoms with Crippen molar-refractivity contribution in [2.75, 3.05) is 0 Å². The molecular weight excluding hydrogens is 428 g/mol. The molecule has 0 radical (unpaired) electrons. The van der Waals surface area contributed by atoms with Crippen molar-refractivity contribution in [1.29, 1.82) is 0 Å². The summed E-state index contributed by atoms with van der Waals surface area (Å²) in [5.41, 5.74) is 5.69. The van der Waals surface area contributed by atoms with Crippen molar-refractivity contribution < 1.29 is 23.6 Å². The lowest BCUT2D eigenvalue weighted by atomic mass is 9.92. The number of halogens is 3. The quantitative estimate of drug-likeness (QED) is 0.322. The van der Waals surface area contributed by atoms with Crippen LogP contribution in [0.1, 0.15) is 28.4 Å². The first kappa shape index (κ1) is 23.8. The largest absolute Gasteiger partial charge is 0.338 e. The summed E-state index contributed by atoms with van der Waals surface area (Å²) in [5.74, 6) is 8.94. The van der Waals surface area contributed by atoms with Crippen LogP contribution in [-0.4, -0.2) is 35.0 Å². The van der Waals surface area contributed by atoms with Crippen molar-refractivity contribution in [3.63, 3.8) is 0 Å². The summed E-state index contributed by atoms with van der Waals surface area (Å²) < 4.78 is 26.3. The predicted octanol–water partition coefficient (Wildman–Crippen LogP) is 2.33. The molecule has 2 atom stereocenters. The van der Waals surface area contributed by atoms with Crippen molar-refractivity contribution in [2.24, 2.45) is 5.73 Å². The molecule has 31 heavy (non-hydrogen) atoms. The van der Waals surface area contributed by atoms with Gasteiger partial charge in [-0.1, -0.05) is 23.4 Å². The monoisotopic (exact) mass is 445 g/mol. The van der Waals surface area contributed by atoms with Crippen molar-refractivity contribution >= 4 is 23.4 Å². The highest BCUT2D eigenvalue weighted by atomic mass is 35.5. The van der Waals surface area contributed by atoms with E-state index in [4.69, 9.17) is 22.5 Å². The molecule has 5 N–H and O–H groups in total. The van der Waals surface area contributed by atoms with Gasteiger partial charge in [-0.2, -0.15) is 0 Å². The highest BCUT2D eigenvalue weighted by molar-refractivity contribution is 6.30. The molecule has 2 aromatic carbocycles. The van der Waals surface area contributed by atoms with E-state index in [2.05, 4.69) is 29.0 Å². The van der Waals surface area contributed by atoms with Crippen LogP contribution in [0.5, 0.6) is 0 Å². The Kier molecular flexibility index (Phi) is 8.12. The third kappa shape index (κ3) is 6.53. The van der Waals surface area contributed by atoms with Crippen LogP contribution in [0, 0.1) is 23.7 Å². The Labute approximate surface area is 182 Å². The van der Waals surface area contributed by atoms with Crippen LogP contribution in [0.4, 0.5) is 8.78 Å². The van der Waals surface area contributed by atoms with E-state index < -0.39 is 29.8 Å². The van der Waals surface area contributed by atoms with E-state index >= 15 is 0 Å². The highest BCUT2D eigenvalue weighted by Gasteiger charge is 2.44. The molecule has 0 aliphatic carbocycles. The van der Waals surface area contributed by atoms with Crippen LogP contribution in [0.15, 0.2) is 48.5 Å². The molecule has 0 aromatic heterocycles. The van der Waals surface area contributed by atoms with Gasteiger partial charge in [0.15, 0.2) is 0 Å². The van der Waals surface area contributed by atoms with Gasteiger partial charge in [0, 0.05) is 21.7 Å². The van der Waals surface area contributed by atoms with Gasteiger partial charge in [0.25, 0.3) is 18.2 Å². The summed E-state index contributed by atoms with van der Waals surface area (Å²) in [7, 11) is 0. The second-order valence-electron chi connectivity index (χ2n) is 6.63. The number of alkyl halides is 2. The molecule has 0 spiro atoms. The number of hydrogen-bond acceptors (Lipinski definition) is 4. The summed E-state index contributed by atoms with van der Waals surface area (Å²) in [4.78, 5) is 24.1. The lowest BCUT2D eigenvalue weighted by molar-refractivity contribution is -0.134. The minimum atomic E-state index is -3.14. The Bertz CT molecular complexity index is 1060. The van der Waals surface area contributed by atoms with Gasteiger partial charge in [-0.25, -0.2) is 14.3 Å². The maximum Gasteiger partial charge on any atom is 0.268 e. The molecule has 6 nitrogen and oxygen atoms in total. The molecule has 0 saturated carbocycles. The third-order valence-corrected chi connectivity index (χ3v) is 4.46.